The molecule has 0 fully saturated rings. The van der Waals surface area contributed by atoms with Crippen molar-refractivity contribution in [3.05, 3.63) is 56.8 Å². The van der Waals surface area contributed by atoms with Crippen molar-refractivity contribution in [2.75, 3.05) is 5.73 Å². The number of thiophene rings is 1. The number of nitrogen functional groups attached to an aromatic ring is 1. The van der Waals surface area contributed by atoms with Crippen molar-refractivity contribution in [3.63, 3.8) is 0 Å². The number of nitrogens with zero attached hydrogens (tertiary/aromatic N) is 2. The summed E-state index contributed by atoms with van der Waals surface area (Å²) in [5.74, 6) is 0.182. The summed E-state index contributed by atoms with van der Waals surface area (Å²) in [4.78, 5) is 30.7. The molecule has 5 nitrogen and oxygen atoms in total. The minimum atomic E-state index is -0.459. The Hall–Kier alpha value is -2.47. The molecule has 116 valence electrons. The lowest BCUT2D eigenvalue weighted by molar-refractivity contribution is 0.0972. The number of rotatable bonds is 3. The second-order valence-electron chi connectivity index (χ2n) is 5.69. The summed E-state index contributed by atoms with van der Waals surface area (Å²) in [6, 6.07) is 8.99. The van der Waals surface area contributed by atoms with Gasteiger partial charge in [0.1, 0.15) is 10.6 Å². The van der Waals surface area contributed by atoms with Gasteiger partial charge in [0.25, 0.3) is 0 Å². The monoisotopic (exact) mass is 325 g/mol. The van der Waals surface area contributed by atoms with Crippen LogP contribution in [0.15, 0.2) is 35.1 Å². The normalized spacial score (nSPS) is 13.4. The molecule has 2 heterocycles. The number of nitrogens with two attached hydrogens (primary N) is 1. The molecule has 2 N–H and O–H groups in total. The molecule has 0 saturated carbocycles. The minimum Gasteiger partial charge on any atom is -0.383 e. The molecule has 4 rings (SSSR count). The summed E-state index contributed by atoms with van der Waals surface area (Å²) in [6.07, 6.45) is 3.08. The maximum Gasteiger partial charge on any atom is 0.351 e. The lowest BCUT2D eigenvalue weighted by Gasteiger charge is -2.08. The standard InChI is InChI=1S/C17H15N3O2S/c18-15-14-11-7-4-8-13(11)23-16(14)20(17(22)19-15)9-12(21)10-5-2-1-3-6-10/h1-3,5-6H,4,7-9H2,(H2,18,19,22). The Bertz CT molecular complexity index is 973. The number of hydrogen-bond donors (Lipinski definition) is 1. The summed E-state index contributed by atoms with van der Waals surface area (Å²) in [6.45, 7) is -0.00792. The molecule has 0 unspecified atom stereocenters. The average Bonchev–Trinajstić information content (AvgIpc) is 3.12. The van der Waals surface area contributed by atoms with Crippen LogP contribution in [0.3, 0.4) is 0 Å². The van der Waals surface area contributed by atoms with E-state index in [0.717, 1.165) is 29.5 Å². The van der Waals surface area contributed by atoms with E-state index >= 15 is 0 Å². The molecular formula is C17H15N3O2S. The fourth-order valence-corrected chi connectivity index (χ4v) is 4.54. The van der Waals surface area contributed by atoms with Crippen LogP contribution in [0.25, 0.3) is 10.2 Å². The molecule has 1 aliphatic rings. The van der Waals surface area contributed by atoms with Crippen LogP contribution < -0.4 is 11.4 Å². The Labute approximate surface area is 136 Å². The van der Waals surface area contributed by atoms with Crippen LogP contribution in [-0.2, 0) is 19.4 Å². The van der Waals surface area contributed by atoms with Crippen LogP contribution >= 0.6 is 11.3 Å². The third-order valence-corrected chi connectivity index (χ3v) is 5.56. The summed E-state index contributed by atoms with van der Waals surface area (Å²) in [7, 11) is 0. The fraction of sp³-hybridized carbons (Fsp3) is 0.235. The van der Waals surface area contributed by atoms with Gasteiger partial charge < -0.3 is 5.73 Å². The van der Waals surface area contributed by atoms with Crippen LogP contribution in [0.5, 0.6) is 0 Å². The number of benzene rings is 1. The molecule has 0 amide bonds. The summed E-state index contributed by atoms with van der Waals surface area (Å²) < 4.78 is 1.46. The third kappa shape index (κ3) is 2.26. The molecule has 1 aromatic carbocycles. The molecular weight excluding hydrogens is 310 g/mol. The second kappa shape index (κ2) is 5.31. The molecule has 3 aromatic rings. The van der Waals surface area contributed by atoms with E-state index in [1.54, 1.807) is 23.5 Å². The molecule has 1 aliphatic carbocycles. The first-order valence-corrected chi connectivity index (χ1v) is 8.35. The lowest BCUT2D eigenvalue weighted by Crippen LogP contribution is -2.27. The Morgan fingerprint density at radius 2 is 2.04 bits per heavy atom. The number of hydrogen-bond acceptors (Lipinski definition) is 5. The van der Waals surface area contributed by atoms with Gasteiger partial charge in [-0.3, -0.25) is 9.36 Å². The van der Waals surface area contributed by atoms with Crippen molar-refractivity contribution in [1.29, 1.82) is 0 Å². The summed E-state index contributed by atoms with van der Waals surface area (Å²) in [5, 5.41) is 0.864. The van der Waals surface area contributed by atoms with E-state index < -0.39 is 5.69 Å². The molecule has 0 spiro atoms. The first-order chi connectivity index (χ1) is 11.1. The maximum absolute atomic E-state index is 12.5. The zero-order valence-corrected chi connectivity index (χ0v) is 13.2. The predicted molar refractivity (Wildman–Crippen MR) is 91.1 cm³/mol. The van der Waals surface area contributed by atoms with Gasteiger partial charge in [-0.1, -0.05) is 30.3 Å². The third-order valence-electron chi connectivity index (χ3n) is 4.25. The highest BCUT2D eigenvalue weighted by atomic mass is 32.1. The fourth-order valence-electron chi connectivity index (χ4n) is 3.15. The summed E-state index contributed by atoms with van der Waals surface area (Å²) >= 11 is 1.57. The molecule has 0 radical (unpaired) electrons. The molecule has 2 aromatic heterocycles. The molecule has 0 saturated heterocycles. The van der Waals surface area contributed by atoms with E-state index in [1.165, 1.54) is 15.0 Å². The van der Waals surface area contributed by atoms with E-state index in [4.69, 9.17) is 5.73 Å². The predicted octanol–water partition coefficient (Wildman–Crippen LogP) is 2.41. The summed E-state index contributed by atoms with van der Waals surface area (Å²) in [5.41, 5.74) is 7.32. The number of carbonyl (C=O) groups excluding carboxylic acids is 1. The van der Waals surface area contributed by atoms with Gasteiger partial charge in [-0.15, -0.1) is 11.3 Å². The first kappa shape index (κ1) is 14.1. The molecule has 0 atom stereocenters. The van der Waals surface area contributed by atoms with Gasteiger partial charge >= 0.3 is 5.69 Å². The van der Waals surface area contributed by atoms with Crippen molar-refractivity contribution < 1.29 is 4.79 Å². The number of Topliss-reactive ketones (excluding diaryl/α,β-unsaturated/α-hetero) is 1. The van der Waals surface area contributed by atoms with Gasteiger partial charge in [-0.05, 0) is 24.8 Å². The van der Waals surface area contributed by atoms with Crippen LogP contribution in [0.4, 0.5) is 5.82 Å². The van der Waals surface area contributed by atoms with Crippen LogP contribution in [0.2, 0.25) is 0 Å². The van der Waals surface area contributed by atoms with Crippen molar-refractivity contribution in [1.82, 2.24) is 9.55 Å². The van der Waals surface area contributed by atoms with Crippen molar-refractivity contribution in [3.8, 4) is 0 Å². The van der Waals surface area contributed by atoms with Crippen molar-refractivity contribution >= 4 is 33.2 Å². The van der Waals surface area contributed by atoms with Gasteiger partial charge in [0.05, 0.1) is 11.9 Å². The number of aromatic nitrogens is 2. The minimum absolute atomic E-state index is 0.00792. The van der Waals surface area contributed by atoms with Gasteiger partial charge in [-0.2, -0.15) is 4.98 Å². The SMILES string of the molecule is Nc1nc(=O)n(CC(=O)c2ccccc2)c2sc3c(c12)CCC3. The smallest absolute Gasteiger partial charge is 0.351 e. The van der Waals surface area contributed by atoms with Crippen molar-refractivity contribution in [2.45, 2.75) is 25.8 Å². The van der Waals surface area contributed by atoms with E-state index in [-0.39, 0.29) is 18.1 Å². The van der Waals surface area contributed by atoms with Gasteiger partial charge in [0, 0.05) is 10.4 Å². The zero-order valence-electron chi connectivity index (χ0n) is 12.4. The van der Waals surface area contributed by atoms with E-state index in [1.807, 2.05) is 18.2 Å². The average molecular weight is 325 g/mol. The largest absolute Gasteiger partial charge is 0.383 e. The number of carbonyl (C=O) groups is 1. The van der Waals surface area contributed by atoms with E-state index in [0.29, 0.717) is 5.56 Å². The first-order valence-electron chi connectivity index (χ1n) is 7.54. The van der Waals surface area contributed by atoms with Gasteiger partial charge in [0.15, 0.2) is 5.78 Å². The van der Waals surface area contributed by atoms with Gasteiger partial charge in [0.2, 0.25) is 0 Å². The number of ketones is 1. The molecule has 6 heteroatoms. The Morgan fingerprint density at radius 1 is 1.26 bits per heavy atom. The number of fused-ring (bicyclic) bond motifs is 3. The molecule has 0 bridgehead atoms. The van der Waals surface area contributed by atoms with Gasteiger partial charge in [-0.25, -0.2) is 4.79 Å². The Morgan fingerprint density at radius 3 is 2.83 bits per heavy atom. The number of aryl methyl sites for hydroxylation is 2. The lowest BCUT2D eigenvalue weighted by atomic mass is 10.1. The van der Waals surface area contributed by atoms with Crippen LogP contribution in [-0.4, -0.2) is 15.3 Å². The highest BCUT2D eigenvalue weighted by molar-refractivity contribution is 7.19. The quantitative estimate of drug-likeness (QED) is 0.750. The highest BCUT2D eigenvalue weighted by Crippen LogP contribution is 2.38. The topological polar surface area (TPSA) is 78.0 Å². The molecule has 0 aliphatic heterocycles. The van der Waals surface area contributed by atoms with Crippen LogP contribution in [0, 0.1) is 0 Å². The highest BCUT2D eigenvalue weighted by Gasteiger charge is 2.23. The number of anilines is 1. The Kier molecular flexibility index (Phi) is 3.27. The maximum atomic E-state index is 12.5. The van der Waals surface area contributed by atoms with Crippen LogP contribution in [0.1, 0.15) is 27.2 Å². The van der Waals surface area contributed by atoms with Crippen molar-refractivity contribution in [2.24, 2.45) is 0 Å². The van der Waals surface area contributed by atoms with E-state index in [9.17, 15) is 9.59 Å². The Balaban J connectivity index is 1.84. The molecule has 23 heavy (non-hydrogen) atoms. The van der Waals surface area contributed by atoms with E-state index in [2.05, 4.69) is 4.98 Å². The zero-order chi connectivity index (χ0) is 16.0. The second-order valence-corrected chi connectivity index (χ2v) is 6.78.